The third kappa shape index (κ3) is 1.50. The predicted molar refractivity (Wildman–Crippen MR) is 58.6 cm³/mol. The Bertz CT molecular complexity index is 460. The van der Waals surface area contributed by atoms with E-state index in [1.165, 1.54) is 16.8 Å². The maximum Gasteiger partial charge on any atom is 0.139 e. The van der Waals surface area contributed by atoms with E-state index in [1.54, 1.807) is 0 Å². The van der Waals surface area contributed by atoms with Gasteiger partial charge in [-0.25, -0.2) is 0 Å². The number of nitrogens with zero attached hydrogens (tertiary/aromatic N) is 1. The minimum atomic E-state index is 0.335. The molecule has 0 radical (unpaired) electrons. The van der Waals surface area contributed by atoms with Gasteiger partial charge >= 0.3 is 0 Å². The lowest BCUT2D eigenvalue weighted by molar-refractivity contribution is -0.118. The monoisotopic (exact) mass is 199 g/mol. The number of Topliss-reactive ketones (excluding diaryl/α,β-unsaturated/α-hetero) is 1. The van der Waals surface area contributed by atoms with Crippen LogP contribution >= 0.6 is 0 Å². The SMILES string of the molecule is O=C1CCc2cc3c(nc2C1)CCC=C3. The van der Waals surface area contributed by atoms with E-state index < -0.39 is 0 Å². The number of carbonyl (C=O) groups is 1. The highest BCUT2D eigenvalue weighted by Gasteiger charge is 2.19. The van der Waals surface area contributed by atoms with Crippen LogP contribution in [0.4, 0.5) is 0 Å². The van der Waals surface area contributed by atoms with Crippen molar-refractivity contribution < 1.29 is 4.79 Å². The first-order valence-electron chi connectivity index (χ1n) is 5.53. The van der Waals surface area contributed by atoms with Crippen LogP contribution in [0, 0.1) is 0 Å². The second-order valence-electron chi connectivity index (χ2n) is 4.29. The second-order valence-corrected chi connectivity index (χ2v) is 4.29. The molecule has 1 heterocycles. The maximum atomic E-state index is 11.3. The summed E-state index contributed by atoms with van der Waals surface area (Å²) in [6, 6.07) is 2.22. The van der Waals surface area contributed by atoms with Gasteiger partial charge in [-0.2, -0.15) is 0 Å². The molecule has 0 atom stereocenters. The molecule has 0 bridgehead atoms. The minimum Gasteiger partial charge on any atom is -0.299 e. The fourth-order valence-corrected chi connectivity index (χ4v) is 2.35. The van der Waals surface area contributed by atoms with Crippen LogP contribution < -0.4 is 0 Å². The summed E-state index contributed by atoms with van der Waals surface area (Å²) in [6.45, 7) is 0. The molecule has 0 amide bonds. The van der Waals surface area contributed by atoms with Crippen molar-refractivity contribution in [2.75, 3.05) is 0 Å². The third-order valence-electron chi connectivity index (χ3n) is 3.19. The van der Waals surface area contributed by atoms with Crippen molar-refractivity contribution in [3.63, 3.8) is 0 Å². The van der Waals surface area contributed by atoms with Gasteiger partial charge in [0.15, 0.2) is 0 Å². The van der Waals surface area contributed by atoms with E-state index in [-0.39, 0.29) is 0 Å². The fraction of sp³-hybridized carbons (Fsp3) is 0.385. The van der Waals surface area contributed by atoms with Crippen LogP contribution in [0.2, 0.25) is 0 Å². The van der Waals surface area contributed by atoms with Crippen molar-refractivity contribution in [1.82, 2.24) is 4.98 Å². The van der Waals surface area contributed by atoms with Gasteiger partial charge in [0.25, 0.3) is 0 Å². The Hall–Kier alpha value is -1.44. The summed E-state index contributed by atoms with van der Waals surface area (Å²) >= 11 is 0. The zero-order valence-corrected chi connectivity index (χ0v) is 8.62. The van der Waals surface area contributed by atoms with Gasteiger partial charge < -0.3 is 0 Å². The molecule has 3 rings (SSSR count). The number of allylic oxidation sites excluding steroid dienone is 1. The van der Waals surface area contributed by atoms with Gasteiger partial charge in [-0.3, -0.25) is 9.78 Å². The number of aromatic nitrogens is 1. The van der Waals surface area contributed by atoms with E-state index >= 15 is 0 Å². The number of pyridine rings is 1. The van der Waals surface area contributed by atoms with E-state index in [1.807, 2.05) is 0 Å². The van der Waals surface area contributed by atoms with Crippen molar-refractivity contribution >= 4 is 11.9 Å². The smallest absolute Gasteiger partial charge is 0.139 e. The first-order valence-corrected chi connectivity index (χ1v) is 5.53. The highest BCUT2D eigenvalue weighted by molar-refractivity contribution is 5.82. The summed E-state index contributed by atoms with van der Waals surface area (Å²) in [6.07, 6.45) is 8.57. The molecule has 2 aliphatic carbocycles. The minimum absolute atomic E-state index is 0.335. The van der Waals surface area contributed by atoms with Gasteiger partial charge in [-0.1, -0.05) is 12.2 Å². The van der Waals surface area contributed by atoms with Crippen molar-refractivity contribution in [1.29, 1.82) is 0 Å². The Labute approximate surface area is 89.0 Å². The molecule has 1 aromatic heterocycles. The number of ketones is 1. The van der Waals surface area contributed by atoms with Crippen molar-refractivity contribution in [2.45, 2.75) is 32.1 Å². The van der Waals surface area contributed by atoms with Crippen LogP contribution in [0.5, 0.6) is 0 Å². The van der Waals surface area contributed by atoms with Gasteiger partial charge in [0.2, 0.25) is 0 Å². The molecular formula is C13H13NO. The van der Waals surface area contributed by atoms with Crippen LogP contribution in [0.25, 0.3) is 6.08 Å². The van der Waals surface area contributed by atoms with Crippen LogP contribution in [-0.2, 0) is 24.1 Å². The normalized spacial score (nSPS) is 18.5. The Balaban J connectivity index is 2.11. The zero-order chi connectivity index (χ0) is 10.3. The van der Waals surface area contributed by atoms with Gasteiger partial charge in [0.05, 0.1) is 5.69 Å². The van der Waals surface area contributed by atoms with Gasteiger partial charge in [-0.15, -0.1) is 0 Å². The van der Waals surface area contributed by atoms with Crippen LogP contribution in [0.1, 0.15) is 35.4 Å². The molecule has 2 nitrogen and oxygen atoms in total. The average Bonchev–Trinajstić information content (AvgIpc) is 2.26. The van der Waals surface area contributed by atoms with Crippen molar-refractivity contribution in [2.24, 2.45) is 0 Å². The molecule has 15 heavy (non-hydrogen) atoms. The summed E-state index contributed by atoms with van der Waals surface area (Å²) in [5, 5.41) is 0. The summed E-state index contributed by atoms with van der Waals surface area (Å²) in [4.78, 5) is 16.0. The first-order chi connectivity index (χ1) is 7.33. The second kappa shape index (κ2) is 3.30. The van der Waals surface area contributed by atoms with Crippen LogP contribution in [-0.4, -0.2) is 10.8 Å². The zero-order valence-electron chi connectivity index (χ0n) is 8.62. The molecule has 0 fully saturated rings. The Morgan fingerprint density at radius 1 is 1.13 bits per heavy atom. The maximum absolute atomic E-state index is 11.3. The van der Waals surface area contributed by atoms with Gasteiger partial charge in [0.1, 0.15) is 5.78 Å². The summed E-state index contributed by atoms with van der Waals surface area (Å²) in [7, 11) is 0. The Kier molecular flexibility index (Phi) is 1.94. The number of hydrogen-bond donors (Lipinski definition) is 0. The molecule has 76 valence electrons. The van der Waals surface area contributed by atoms with E-state index in [0.29, 0.717) is 18.6 Å². The molecule has 0 spiro atoms. The molecule has 0 N–H and O–H groups in total. The van der Waals surface area contributed by atoms with E-state index in [0.717, 1.165) is 25.0 Å². The molecule has 1 aromatic rings. The largest absolute Gasteiger partial charge is 0.299 e. The van der Waals surface area contributed by atoms with E-state index in [4.69, 9.17) is 0 Å². The van der Waals surface area contributed by atoms with E-state index in [9.17, 15) is 4.79 Å². The quantitative estimate of drug-likeness (QED) is 0.640. The van der Waals surface area contributed by atoms with Gasteiger partial charge in [-0.05, 0) is 36.5 Å². The van der Waals surface area contributed by atoms with Crippen molar-refractivity contribution in [3.05, 3.63) is 34.7 Å². The highest BCUT2D eigenvalue weighted by atomic mass is 16.1. The Morgan fingerprint density at radius 3 is 3.00 bits per heavy atom. The number of rotatable bonds is 0. The highest BCUT2D eigenvalue weighted by Crippen LogP contribution is 2.24. The van der Waals surface area contributed by atoms with E-state index in [2.05, 4.69) is 23.2 Å². The molecule has 0 saturated heterocycles. The molecular weight excluding hydrogens is 186 g/mol. The third-order valence-corrected chi connectivity index (χ3v) is 3.19. The topological polar surface area (TPSA) is 30.0 Å². The van der Waals surface area contributed by atoms with Gasteiger partial charge in [0, 0.05) is 18.5 Å². The molecule has 0 saturated carbocycles. The van der Waals surface area contributed by atoms with Crippen molar-refractivity contribution in [3.8, 4) is 0 Å². The fourth-order valence-electron chi connectivity index (χ4n) is 2.35. The van der Waals surface area contributed by atoms with Crippen LogP contribution in [0.15, 0.2) is 12.1 Å². The molecule has 2 aliphatic rings. The standard InChI is InChI=1S/C13H13NO/c15-11-6-5-10-7-9-3-1-2-4-12(9)14-13(10)8-11/h1,3,7H,2,4-6,8H2. The average molecular weight is 199 g/mol. The summed E-state index contributed by atoms with van der Waals surface area (Å²) < 4.78 is 0. The molecule has 2 heteroatoms. The summed E-state index contributed by atoms with van der Waals surface area (Å²) in [5.74, 6) is 0.335. The number of hydrogen-bond acceptors (Lipinski definition) is 2. The lowest BCUT2D eigenvalue weighted by Crippen LogP contribution is -2.17. The number of aryl methyl sites for hydroxylation is 2. The Morgan fingerprint density at radius 2 is 2.07 bits per heavy atom. The lowest BCUT2D eigenvalue weighted by atomic mass is 9.91. The number of fused-ring (bicyclic) bond motifs is 2. The summed E-state index contributed by atoms with van der Waals surface area (Å²) in [5.41, 5.74) is 4.74. The molecule has 0 aliphatic heterocycles. The lowest BCUT2D eigenvalue weighted by Gasteiger charge is -2.18. The van der Waals surface area contributed by atoms with Crippen LogP contribution in [0.3, 0.4) is 0 Å². The molecule has 0 aromatic carbocycles. The first kappa shape index (κ1) is 8.84. The molecule has 0 unspecified atom stereocenters. The number of carbonyl (C=O) groups excluding carboxylic acids is 1. The predicted octanol–water partition coefficient (Wildman–Crippen LogP) is 2.10.